The van der Waals surface area contributed by atoms with Crippen molar-refractivity contribution < 1.29 is 14.3 Å². The molecule has 0 fully saturated rings. The molecule has 124 valence electrons. The van der Waals surface area contributed by atoms with Gasteiger partial charge in [0.15, 0.2) is 11.9 Å². The number of aromatic nitrogens is 1. The topological polar surface area (TPSA) is 68.6 Å². The average molecular weight is 326 g/mol. The van der Waals surface area contributed by atoms with Gasteiger partial charge in [-0.25, -0.2) is 0 Å². The number of anilines is 1. The molecule has 1 aliphatic heterocycles. The van der Waals surface area contributed by atoms with Crippen LogP contribution in [-0.2, 0) is 11.3 Å². The first-order valence-electron chi connectivity index (χ1n) is 7.65. The lowest BCUT2D eigenvalue weighted by molar-refractivity contribution is -0.125. The largest absolute Gasteiger partial charge is 0.479 e. The fraction of sp³-hybridized carbons (Fsp3) is 0.278. The number of amides is 1. The third-order valence-electron chi connectivity index (χ3n) is 4.07. The molecule has 0 aliphatic carbocycles. The maximum atomic E-state index is 12.5. The molecule has 6 nitrogen and oxygen atoms in total. The van der Waals surface area contributed by atoms with Crippen LogP contribution in [-0.4, -0.2) is 29.4 Å². The highest BCUT2D eigenvalue weighted by atomic mass is 16.5. The van der Waals surface area contributed by atoms with Gasteiger partial charge in [-0.2, -0.15) is 0 Å². The van der Waals surface area contributed by atoms with Crippen molar-refractivity contribution in [1.82, 2.24) is 4.57 Å². The van der Waals surface area contributed by atoms with Crippen LogP contribution < -0.4 is 15.2 Å². The van der Waals surface area contributed by atoms with E-state index in [1.54, 1.807) is 44.4 Å². The van der Waals surface area contributed by atoms with E-state index in [0.29, 0.717) is 17.0 Å². The zero-order chi connectivity index (χ0) is 17.4. The van der Waals surface area contributed by atoms with Gasteiger partial charge in [-0.1, -0.05) is 6.07 Å². The van der Waals surface area contributed by atoms with E-state index in [2.05, 4.69) is 0 Å². The highest BCUT2D eigenvalue weighted by molar-refractivity contribution is 6.02. The highest BCUT2D eigenvalue weighted by Crippen LogP contribution is 2.34. The van der Waals surface area contributed by atoms with E-state index in [1.807, 2.05) is 6.92 Å². The minimum absolute atomic E-state index is 0.0474. The molecular weight excluding hydrogens is 308 g/mol. The molecule has 2 heterocycles. The zero-order valence-corrected chi connectivity index (χ0v) is 13.8. The molecule has 0 bridgehead atoms. The highest BCUT2D eigenvalue weighted by Gasteiger charge is 2.29. The van der Waals surface area contributed by atoms with Crippen molar-refractivity contribution in [3.8, 4) is 5.75 Å². The fourth-order valence-electron chi connectivity index (χ4n) is 2.71. The van der Waals surface area contributed by atoms with Crippen LogP contribution in [0.2, 0.25) is 0 Å². The van der Waals surface area contributed by atoms with Crippen LogP contribution in [0.15, 0.2) is 41.3 Å². The lowest BCUT2D eigenvalue weighted by atomic mass is 10.1. The molecule has 3 rings (SSSR count). The number of hydrogen-bond acceptors (Lipinski definition) is 4. The Morgan fingerprint density at radius 3 is 2.71 bits per heavy atom. The molecule has 2 aromatic rings. The second kappa shape index (κ2) is 5.96. The molecule has 1 unspecified atom stereocenters. The molecule has 0 radical (unpaired) electrons. The molecular formula is C18H18N2O4. The van der Waals surface area contributed by atoms with Crippen LogP contribution in [0, 0.1) is 6.92 Å². The lowest BCUT2D eigenvalue weighted by Crippen LogP contribution is -2.42. The normalized spacial score (nSPS) is 16.5. The Morgan fingerprint density at radius 2 is 1.96 bits per heavy atom. The first kappa shape index (κ1) is 16.0. The minimum Gasteiger partial charge on any atom is -0.479 e. The van der Waals surface area contributed by atoms with Gasteiger partial charge in [-0.3, -0.25) is 14.4 Å². The second-order valence-electron chi connectivity index (χ2n) is 5.94. The van der Waals surface area contributed by atoms with Gasteiger partial charge in [0, 0.05) is 24.9 Å². The van der Waals surface area contributed by atoms with E-state index in [9.17, 15) is 14.4 Å². The van der Waals surface area contributed by atoms with Gasteiger partial charge in [0.05, 0.1) is 12.2 Å². The Kier molecular flexibility index (Phi) is 3.97. The van der Waals surface area contributed by atoms with Crippen molar-refractivity contribution in [2.75, 3.05) is 11.9 Å². The van der Waals surface area contributed by atoms with E-state index in [1.165, 1.54) is 15.5 Å². The number of likely N-dealkylation sites (N-methyl/N-ethyl adjacent to an activating group) is 1. The molecule has 1 aromatic carbocycles. The number of benzene rings is 1. The molecule has 0 saturated heterocycles. The Morgan fingerprint density at radius 1 is 1.21 bits per heavy atom. The molecule has 24 heavy (non-hydrogen) atoms. The summed E-state index contributed by atoms with van der Waals surface area (Å²) in [6.45, 7) is 3.50. The molecule has 1 amide bonds. The maximum Gasteiger partial charge on any atom is 0.267 e. The molecule has 1 aromatic heterocycles. The number of carbonyl (C=O) groups is 2. The predicted molar refractivity (Wildman–Crippen MR) is 89.7 cm³/mol. The summed E-state index contributed by atoms with van der Waals surface area (Å²) in [7, 11) is 1.65. The van der Waals surface area contributed by atoms with Crippen molar-refractivity contribution in [2.24, 2.45) is 0 Å². The minimum atomic E-state index is -0.546. The van der Waals surface area contributed by atoms with Crippen LogP contribution in [0.1, 0.15) is 22.8 Å². The fourth-order valence-corrected chi connectivity index (χ4v) is 2.71. The summed E-state index contributed by atoms with van der Waals surface area (Å²) in [6, 6.07) is 8.11. The number of rotatable bonds is 3. The van der Waals surface area contributed by atoms with Gasteiger partial charge in [0.25, 0.3) is 11.5 Å². The van der Waals surface area contributed by atoms with Crippen molar-refractivity contribution in [2.45, 2.75) is 26.5 Å². The van der Waals surface area contributed by atoms with Crippen LogP contribution >= 0.6 is 0 Å². The Bertz CT molecular complexity index is 885. The van der Waals surface area contributed by atoms with Crippen molar-refractivity contribution in [3.63, 3.8) is 0 Å². The Labute approximate surface area is 139 Å². The van der Waals surface area contributed by atoms with Crippen molar-refractivity contribution in [1.29, 1.82) is 0 Å². The summed E-state index contributed by atoms with van der Waals surface area (Å²) in [5.41, 5.74) is 1.66. The average Bonchev–Trinajstić information content (AvgIpc) is 2.56. The zero-order valence-electron chi connectivity index (χ0n) is 13.8. The van der Waals surface area contributed by atoms with Crippen molar-refractivity contribution >= 4 is 17.4 Å². The number of ketones is 1. The standard InChI is InChI=1S/C18H18N2O4/c1-11-4-7-17(22)20(9-11)10-15(21)13-5-6-16-14(8-13)19(3)18(23)12(2)24-16/h4-9,12H,10H2,1-3H3. The SMILES string of the molecule is Cc1ccc(=O)n(CC(=O)c2ccc3c(c2)N(C)C(=O)C(C)O3)c1. The summed E-state index contributed by atoms with van der Waals surface area (Å²) in [5.74, 6) is 0.195. The summed E-state index contributed by atoms with van der Waals surface area (Å²) in [6.07, 6.45) is 1.11. The van der Waals surface area contributed by atoms with E-state index >= 15 is 0 Å². The summed E-state index contributed by atoms with van der Waals surface area (Å²) in [4.78, 5) is 37.8. The third kappa shape index (κ3) is 2.82. The summed E-state index contributed by atoms with van der Waals surface area (Å²) < 4.78 is 6.92. The number of Topliss-reactive ketones (excluding diaryl/α,β-unsaturated/α-hetero) is 1. The van der Waals surface area contributed by atoms with E-state index < -0.39 is 6.10 Å². The quantitative estimate of drug-likeness (QED) is 0.806. The van der Waals surface area contributed by atoms with E-state index in [0.717, 1.165) is 5.56 Å². The second-order valence-corrected chi connectivity index (χ2v) is 5.94. The number of aryl methyl sites for hydroxylation is 1. The molecule has 6 heteroatoms. The van der Waals surface area contributed by atoms with E-state index in [4.69, 9.17) is 4.74 Å². The number of fused-ring (bicyclic) bond motifs is 1. The van der Waals surface area contributed by atoms with E-state index in [-0.39, 0.29) is 23.8 Å². The molecule has 1 aliphatic rings. The first-order valence-corrected chi connectivity index (χ1v) is 7.65. The van der Waals surface area contributed by atoms with Crippen LogP contribution in [0.3, 0.4) is 0 Å². The van der Waals surface area contributed by atoms with Gasteiger partial charge >= 0.3 is 0 Å². The number of ether oxygens (including phenoxy) is 1. The smallest absolute Gasteiger partial charge is 0.267 e. The number of pyridine rings is 1. The van der Waals surface area contributed by atoms with Gasteiger partial charge in [-0.15, -0.1) is 0 Å². The number of carbonyl (C=O) groups excluding carboxylic acids is 2. The van der Waals surface area contributed by atoms with Crippen LogP contribution in [0.5, 0.6) is 5.75 Å². The van der Waals surface area contributed by atoms with Gasteiger partial charge in [0.1, 0.15) is 5.75 Å². The lowest BCUT2D eigenvalue weighted by Gasteiger charge is -2.30. The Balaban J connectivity index is 1.91. The third-order valence-corrected chi connectivity index (χ3v) is 4.07. The summed E-state index contributed by atoms with van der Waals surface area (Å²) in [5, 5.41) is 0. The number of hydrogen-bond donors (Lipinski definition) is 0. The molecule has 0 N–H and O–H groups in total. The predicted octanol–water partition coefficient (Wildman–Crippen LogP) is 1.78. The monoisotopic (exact) mass is 326 g/mol. The molecule has 0 spiro atoms. The van der Waals surface area contributed by atoms with Crippen molar-refractivity contribution in [3.05, 3.63) is 58.0 Å². The molecule has 1 atom stereocenters. The first-order chi connectivity index (χ1) is 11.4. The summed E-state index contributed by atoms with van der Waals surface area (Å²) >= 11 is 0. The van der Waals surface area contributed by atoms with Gasteiger partial charge in [-0.05, 0) is 37.6 Å². The number of nitrogens with zero attached hydrogens (tertiary/aromatic N) is 2. The van der Waals surface area contributed by atoms with Crippen LogP contribution in [0.4, 0.5) is 5.69 Å². The molecule has 0 saturated carbocycles. The van der Waals surface area contributed by atoms with Gasteiger partial charge in [0.2, 0.25) is 0 Å². The van der Waals surface area contributed by atoms with Crippen LogP contribution in [0.25, 0.3) is 0 Å². The Hall–Kier alpha value is -2.89. The maximum absolute atomic E-state index is 12.5. The van der Waals surface area contributed by atoms with Gasteiger partial charge < -0.3 is 14.2 Å².